The Kier molecular flexibility index (Phi) is 12.6. The van der Waals surface area contributed by atoms with Crippen molar-refractivity contribution in [1.82, 2.24) is 15.5 Å². The van der Waals surface area contributed by atoms with Crippen molar-refractivity contribution in [2.75, 3.05) is 13.1 Å². The monoisotopic (exact) mass is 708 g/mol. The summed E-state index contributed by atoms with van der Waals surface area (Å²) in [6.07, 6.45) is 3.78. The average molecular weight is 709 g/mol. The van der Waals surface area contributed by atoms with Crippen LogP contribution < -0.4 is 10.6 Å². The van der Waals surface area contributed by atoms with Crippen LogP contribution in [0, 0.1) is 24.2 Å². The number of nitrogens with zero attached hydrogens (tertiary/aromatic N) is 2. The van der Waals surface area contributed by atoms with E-state index in [1.54, 1.807) is 29.2 Å². The first-order valence-electron chi connectivity index (χ1n) is 17.8. The molecule has 0 radical (unpaired) electrons. The molecule has 1 aromatic heterocycles. The molecule has 0 spiro atoms. The number of furan rings is 1. The summed E-state index contributed by atoms with van der Waals surface area (Å²) in [6.45, 7) is 11.7. The van der Waals surface area contributed by atoms with Crippen molar-refractivity contribution in [3.05, 3.63) is 117 Å². The van der Waals surface area contributed by atoms with Crippen LogP contribution in [0.5, 0.6) is 0 Å². The number of amides is 2. The standard InChI is InChI=1S/C42H49ClN4O4/c1-28-6-13-33(14-7-28)29(2)45-27-36-17-19-39(50-36)34-15-18-38(43)37(25-34)40(48)46-35(24-31-8-10-32(26-44)11-9-31)16-12-30-20-22-47(23-21-30)41(49)51-42(3,4)5/h6-11,13-15,17-19,25,29-30,35,45H,12,16,20-24,27H2,1-5H3,(H,46,48)/t29-,35+/m1/s1. The fourth-order valence-corrected chi connectivity index (χ4v) is 6.57. The number of rotatable bonds is 12. The van der Waals surface area contributed by atoms with E-state index in [0.29, 0.717) is 53.9 Å². The van der Waals surface area contributed by atoms with Crippen LogP contribution in [0.4, 0.5) is 4.79 Å². The number of carbonyl (C=O) groups is 2. The highest BCUT2D eigenvalue weighted by Crippen LogP contribution is 2.29. The molecule has 1 aliphatic rings. The fourth-order valence-electron chi connectivity index (χ4n) is 6.36. The molecular weight excluding hydrogens is 660 g/mol. The molecule has 4 aromatic rings. The molecule has 9 heteroatoms. The van der Waals surface area contributed by atoms with Gasteiger partial charge in [-0.2, -0.15) is 5.26 Å². The largest absolute Gasteiger partial charge is 0.460 e. The topological polar surface area (TPSA) is 108 Å². The van der Waals surface area contributed by atoms with E-state index in [2.05, 4.69) is 54.8 Å². The lowest BCUT2D eigenvalue weighted by Crippen LogP contribution is -2.42. The molecule has 0 saturated carbocycles. The van der Waals surface area contributed by atoms with E-state index in [4.69, 9.17) is 20.8 Å². The molecule has 268 valence electrons. The van der Waals surface area contributed by atoms with Crippen molar-refractivity contribution >= 4 is 23.6 Å². The number of hydrogen-bond donors (Lipinski definition) is 2. The molecular formula is C42H49ClN4O4. The zero-order valence-electron chi connectivity index (χ0n) is 30.3. The number of nitriles is 1. The minimum Gasteiger partial charge on any atom is -0.460 e. The maximum Gasteiger partial charge on any atom is 0.410 e. The van der Waals surface area contributed by atoms with Crippen LogP contribution >= 0.6 is 11.6 Å². The van der Waals surface area contributed by atoms with Gasteiger partial charge in [-0.25, -0.2) is 4.79 Å². The van der Waals surface area contributed by atoms with Gasteiger partial charge in [0.2, 0.25) is 0 Å². The summed E-state index contributed by atoms with van der Waals surface area (Å²) in [6, 6.07) is 27.4. The summed E-state index contributed by atoms with van der Waals surface area (Å²) in [5, 5.41) is 16.4. The van der Waals surface area contributed by atoms with E-state index < -0.39 is 5.60 Å². The van der Waals surface area contributed by atoms with Gasteiger partial charge in [-0.05, 0) is 126 Å². The first-order valence-corrected chi connectivity index (χ1v) is 18.2. The molecule has 3 aromatic carbocycles. The smallest absolute Gasteiger partial charge is 0.410 e. The van der Waals surface area contributed by atoms with Crippen LogP contribution in [0.1, 0.15) is 97.8 Å². The second-order valence-corrected chi connectivity index (χ2v) is 15.1. The Hall–Kier alpha value is -4.58. The normalized spacial score (nSPS) is 14.8. The number of aryl methyl sites for hydroxylation is 1. The lowest BCUT2D eigenvalue weighted by molar-refractivity contribution is 0.0179. The van der Waals surface area contributed by atoms with Gasteiger partial charge in [-0.1, -0.05) is 53.6 Å². The molecule has 0 bridgehead atoms. The molecule has 2 atom stereocenters. The molecule has 5 rings (SSSR count). The van der Waals surface area contributed by atoms with Gasteiger partial charge >= 0.3 is 6.09 Å². The fraction of sp³-hybridized carbons (Fsp3) is 0.405. The van der Waals surface area contributed by atoms with Gasteiger partial charge in [0.25, 0.3) is 5.91 Å². The summed E-state index contributed by atoms with van der Waals surface area (Å²) in [5.74, 6) is 1.63. The van der Waals surface area contributed by atoms with Crippen molar-refractivity contribution in [2.45, 2.75) is 91.0 Å². The Morgan fingerprint density at radius 1 is 1.02 bits per heavy atom. The molecule has 1 fully saturated rings. The van der Waals surface area contributed by atoms with Crippen LogP contribution in [-0.4, -0.2) is 41.6 Å². The highest BCUT2D eigenvalue weighted by molar-refractivity contribution is 6.34. The Labute approximate surface area is 307 Å². The Balaban J connectivity index is 1.23. The van der Waals surface area contributed by atoms with E-state index in [1.165, 1.54) is 11.1 Å². The van der Waals surface area contributed by atoms with Crippen LogP contribution in [0.2, 0.25) is 5.02 Å². The zero-order chi connectivity index (χ0) is 36.5. The van der Waals surface area contributed by atoms with Gasteiger partial charge in [-0.3, -0.25) is 4.79 Å². The summed E-state index contributed by atoms with van der Waals surface area (Å²) >= 11 is 6.62. The summed E-state index contributed by atoms with van der Waals surface area (Å²) in [5.41, 5.74) is 4.70. The number of likely N-dealkylation sites (tertiary alicyclic amines) is 1. The molecule has 1 aliphatic heterocycles. The lowest BCUT2D eigenvalue weighted by atomic mass is 9.89. The molecule has 2 heterocycles. The van der Waals surface area contributed by atoms with Gasteiger partial charge in [0, 0.05) is 30.7 Å². The third-order valence-electron chi connectivity index (χ3n) is 9.41. The van der Waals surface area contributed by atoms with Crippen molar-refractivity contribution in [2.24, 2.45) is 5.92 Å². The second-order valence-electron chi connectivity index (χ2n) is 14.6. The highest BCUT2D eigenvalue weighted by atomic mass is 35.5. The third-order valence-corrected chi connectivity index (χ3v) is 9.74. The number of halogens is 1. The number of benzene rings is 3. The number of ether oxygens (including phenoxy) is 1. The van der Waals surface area contributed by atoms with Gasteiger partial charge in [-0.15, -0.1) is 0 Å². The quantitative estimate of drug-likeness (QED) is 0.152. The van der Waals surface area contributed by atoms with Crippen molar-refractivity contribution in [1.29, 1.82) is 5.26 Å². The van der Waals surface area contributed by atoms with Crippen LogP contribution in [-0.2, 0) is 17.7 Å². The number of carbonyl (C=O) groups excluding carboxylic acids is 2. The van der Waals surface area contributed by atoms with Gasteiger partial charge < -0.3 is 24.7 Å². The van der Waals surface area contributed by atoms with Crippen LogP contribution in [0.25, 0.3) is 11.3 Å². The van der Waals surface area contributed by atoms with Gasteiger partial charge in [0.15, 0.2) is 0 Å². The van der Waals surface area contributed by atoms with E-state index in [0.717, 1.165) is 42.6 Å². The van der Waals surface area contributed by atoms with E-state index in [1.807, 2.05) is 51.1 Å². The Morgan fingerprint density at radius 2 is 1.73 bits per heavy atom. The summed E-state index contributed by atoms with van der Waals surface area (Å²) in [7, 11) is 0. The van der Waals surface area contributed by atoms with E-state index in [9.17, 15) is 14.9 Å². The van der Waals surface area contributed by atoms with Gasteiger partial charge in [0.1, 0.15) is 17.1 Å². The molecule has 0 aliphatic carbocycles. The van der Waals surface area contributed by atoms with Crippen LogP contribution in [0.15, 0.2) is 83.3 Å². The first kappa shape index (κ1) is 37.7. The molecule has 2 amide bonds. The maximum atomic E-state index is 13.8. The maximum absolute atomic E-state index is 13.8. The van der Waals surface area contributed by atoms with Crippen molar-refractivity contribution < 1.29 is 18.7 Å². The molecule has 0 unspecified atom stereocenters. The lowest BCUT2D eigenvalue weighted by Gasteiger charge is -2.34. The first-order chi connectivity index (χ1) is 24.4. The number of nitrogens with one attached hydrogen (secondary N) is 2. The van der Waals surface area contributed by atoms with Gasteiger partial charge in [0.05, 0.1) is 28.8 Å². The number of hydrogen-bond acceptors (Lipinski definition) is 6. The van der Waals surface area contributed by atoms with E-state index in [-0.39, 0.29) is 24.1 Å². The predicted molar refractivity (Wildman–Crippen MR) is 201 cm³/mol. The van der Waals surface area contributed by atoms with Crippen molar-refractivity contribution in [3.8, 4) is 17.4 Å². The van der Waals surface area contributed by atoms with E-state index >= 15 is 0 Å². The second kappa shape index (κ2) is 17.1. The highest BCUT2D eigenvalue weighted by Gasteiger charge is 2.28. The molecule has 1 saturated heterocycles. The zero-order valence-corrected chi connectivity index (χ0v) is 31.1. The minimum absolute atomic E-state index is 0.159. The molecule has 8 nitrogen and oxygen atoms in total. The minimum atomic E-state index is -0.521. The van der Waals surface area contributed by atoms with Crippen LogP contribution in [0.3, 0.4) is 0 Å². The summed E-state index contributed by atoms with van der Waals surface area (Å²) < 4.78 is 11.8. The SMILES string of the molecule is Cc1ccc([C@@H](C)NCc2ccc(-c3ccc(Cl)c(C(=O)N[C@@H](CCC4CCN(C(=O)OC(C)(C)C)CC4)Cc4ccc(C#N)cc4)c3)o2)cc1. The predicted octanol–water partition coefficient (Wildman–Crippen LogP) is 9.40. The molecule has 2 N–H and O–H groups in total. The molecule has 51 heavy (non-hydrogen) atoms. The summed E-state index contributed by atoms with van der Waals surface area (Å²) in [4.78, 5) is 28.2. The third kappa shape index (κ3) is 11.0. The Bertz CT molecular complexity index is 1810. The Morgan fingerprint density at radius 3 is 2.39 bits per heavy atom. The average Bonchev–Trinajstić information content (AvgIpc) is 3.59. The number of piperidine rings is 1. The van der Waals surface area contributed by atoms with Crippen molar-refractivity contribution in [3.63, 3.8) is 0 Å².